The van der Waals surface area contributed by atoms with Gasteiger partial charge >= 0.3 is 0 Å². The zero-order valence-corrected chi connectivity index (χ0v) is 18.6. The van der Waals surface area contributed by atoms with E-state index < -0.39 is 23.1 Å². The summed E-state index contributed by atoms with van der Waals surface area (Å²) in [5.74, 6) is -2.53. The van der Waals surface area contributed by atoms with E-state index >= 15 is 0 Å². The van der Waals surface area contributed by atoms with Crippen molar-refractivity contribution in [2.75, 3.05) is 32.7 Å². The zero-order valence-electron chi connectivity index (χ0n) is 17.8. The number of nitrogens with zero attached hydrogens (tertiary/aromatic N) is 3. The fourth-order valence-corrected chi connectivity index (χ4v) is 5.18. The molecule has 1 aromatic carbocycles. The molecule has 1 amide bonds. The minimum Gasteiger partial charge on any atom is -0.365 e. The number of halogens is 3. The first-order valence-electron chi connectivity index (χ1n) is 11.1. The van der Waals surface area contributed by atoms with Crippen LogP contribution in [0.25, 0.3) is 0 Å². The van der Waals surface area contributed by atoms with Crippen LogP contribution < -0.4 is 0 Å². The van der Waals surface area contributed by atoms with Crippen molar-refractivity contribution in [2.24, 2.45) is 0 Å². The Balaban J connectivity index is 1.25. The van der Waals surface area contributed by atoms with Crippen LogP contribution in [0.1, 0.15) is 41.7 Å². The van der Waals surface area contributed by atoms with Crippen LogP contribution >= 0.6 is 11.6 Å². The van der Waals surface area contributed by atoms with E-state index in [0.29, 0.717) is 18.1 Å². The second kappa shape index (κ2) is 8.36. The molecule has 8 heteroatoms. The summed E-state index contributed by atoms with van der Waals surface area (Å²) in [5.41, 5.74) is -0.0777. The van der Waals surface area contributed by atoms with Gasteiger partial charge in [0.25, 0.3) is 5.91 Å². The molecule has 0 unspecified atom stereocenters. The lowest BCUT2D eigenvalue weighted by Crippen LogP contribution is -2.61. The number of ether oxygens (including phenoxy) is 1. The number of carbonyl (C=O) groups excluding carboxylic acids is 1. The molecule has 2 aliphatic heterocycles. The van der Waals surface area contributed by atoms with E-state index in [4.69, 9.17) is 16.3 Å². The molecule has 1 saturated carbocycles. The van der Waals surface area contributed by atoms with Gasteiger partial charge in [0, 0.05) is 32.3 Å². The Kier molecular flexibility index (Phi) is 5.68. The van der Waals surface area contributed by atoms with E-state index in [1.165, 1.54) is 12.1 Å². The van der Waals surface area contributed by atoms with Crippen molar-refractivity contribution in [1.82, 2.24) is 14.8 Å². The lowest BCUT2D eigenvalue weighted by atomic mass is 9.87. The number of hydrogen-bond donors (Lipinski definition) is 0. The summed E-state index contributed by atoms with van der Waals surface area (Å²) in [6.07, 6.45) is 5.91. The summed E-state index contributed by atoms with van der Waals surface area (Å²) in [5, 5.41) is 0.686. The molecular weight excluding hydrogens is 436 g/mol. The molecular formula is C24H26ClF2N3O2. The average molecular weight is 462 g/mol. The molecule has 3 heterocycles. The summed E-state index contributed by atoms with van der Waals surface area (Å²) >= 11 is 6.23. The van der Waals surface area contributed by atoms with Gasteiger partial charge in [-0.1, -0.05) is 17.7 Å². The van der Waals surface area contributed by atoms with Gasteiger partial charge in [-0.3, -0.25) is 9.78 Å². The number of piperidine rings is 1. The number of morpholine rings is 1. The predicted octanol–water partition coefficient (Wildman–Crippen LogP) is 4.10. The van der Waals surface area contributed by atoms with Gasteiger partial charge in [0.05, 0.1) is 40.6 Å². The standard InChI is InChI=1S/C24H26ClF2N3O2/c25-18-4-2-11-28-20(18)6-12-29-13-9-24(10-14-29)16-30(15-23(32-24)7-8-23)22(31)17-3-1-5-19(26)21(17)27/h1-5,11H,6-10,12-16H2. The summed E-state index contributed by atoms with van der Waals surface area (Å²) < 4.78 is 34.6. The fraction of sp³-hybridized carbons (Fsp3) is 0.500. The van der Waals surface area contributed by atoms with Crippen molar-refractivity contribution in [1.29, 1.82) is 0 Å². The maximum absolute atomic E-state index is 14.3. The summed E-state index contributed by atoms with van der Waals surface area (Å²) in [6, 6.07) is 7.44. The zero-order chi connectivity index (χ0) is 22.3. The highest BCUT2D eigenvalue weighted by Crippen LogP contribution is 2.49. The lowest BCUT2D eigenvalue weighted by molar-refractivity contribution is -0.179. The molecule has 5 rings (SSSR count). The number of hydrogen-bond acceptors (Lipinski definition) is 4. The molecule has 2 saturated heterocycles. The van der Waals surface area contributed by atoms with Gasteiger partial charge in [0.15, 0.2) is 11.6 Å². The Hall–Kier alpha value is -2.09. The molecule has 0 atom stereocenters. The molecule has 3 fully saturated rings. The van der Waals surface area contributed by atoms with Crippen molar-refractivity contribution in [3.05, 3.63) is 64.4 Å². The number of carbonyl (C=O) groups is 1. The summed E-state index contributed by atoms with van der Waals surface area (Å²) in [4.78, 5) is 21.5. The second-order valence-electron chi connectivity index (χ2n) is 9.25. The number of pyridine rings is 1. The first-order chi connectivity index (χ1) is 15.4. The maximum atomic E-state index is 14.3. The normalized spacial score (nSPS) is 21.8. The van der Waals surface area contributed by atoms with Crippen molar-refractivity contribution in [2.45, 2.75) is 43.3 Å². The van der Waals surface area contributed by atoms with Crippen molar-refractivity contribution < 1.29 is 18.3 Å². The molecule has 0 radical (unpaired) electrons. The van der Waals surface area contributed by atoms with Gasteiger partial charge in [-0.2, -0.15) is 0 Å². The number of amides is 1. The molecule has 170 valence electrons. The molecule has 32 heavy (non-hydrogen) atoms. The molecule has 1 aliphatic carbocycles. The second-order valence-corrected chi connectivity index (χ2v) is 9.66. The van der Waals surface area contributed by atoms with Gasteiger partial charge in [0.1, 0.15) is 0 Å². The quantitative estimate of drug-likeness (QED) is 0.688. The van der Waals surface area contributed by atoms with Crippen LogP contribution in [0, 0.1) is 11.6 Å². The van der Waals surface area contributed by atoms with Crippen molar-refractivity contribution in [3.8, 4) is 0 Å². The predicted molar refractivity (Wildman–Crippen MR) is 117 cm³/mol. The molecule has 2 aromatic rings. The van der Waals surface area contributed by atoms with Gasteiger partial charge < -0.3 is 14.5 Å². The van der Waals surface area contributed by atoms with E-state index in [-0.39, 0.29) is 11.2 Å². The highest BCUT2D eigenvalue weighted by molar-refractivity contribution is 6.31. The monoisotopic (exact) mass is 461 g/mol. The fourth-order valence-electron chi connectivity index (χ4n) is 4.97. The Bertz CT molecular complexity index is 1020. The minimum absolute atomic E-state index is 0.206. The van der Waals surface area contributed by atoms with Crippen LogP contribution in [0.5, 0.6) is 0 Å². The average Bonchev–Trinajstić information content (AvgIpc) is 3.53. The molecule has 1 aromatic heterocycles. The molecule has 0 N–H and O–H groups in total. The summed E-state index contributed by atoms with van der Waals surface area (Å²) in [7, 11) is 0. The van der Waals surface area contributed by atoms with Crippen molar-refractivity contribution >= 4 is 17.5 Å². The van der Waals surface area contributed by atoms with Gasteiger partial charge in [-0.25, -0.2) is 8.78 Å². The Morgan fingerprint density at radius 3 is 2.47 bits per heavy atom. The van der Waals surface area contributed by atoms with E-state index in [1.807, 2.05) is 12.1 Å². The van der Waals surface area contributed by atoms with Gasteiger partial charge in [-0.15, -0.1) is 0 Å². The molecule has 5 nitrogen and oxygen atoms in total. The molecule has 3 aliphatic rings. The van der Waals surface area contributed by atoms with Gasteiger partial charge in [0.2, 0.25) is 0 Å². The Morgan fingerprint density at radius 2 is 1.78 bits per heavy atom. The van der Waals surface area contributed by atoms with Crippen LogP contribution in [-0.2, 0) is 11.2 Å². The summed E-state index contributed by atoms with van der Waals surface area (Å²) in [6.45, 7) is 3.39. The van der Waals surface area contributed by atoms with Crippen LogP contribution in [0.4, 0.5) is 8.78 Å². The molecule has 0 bridgehead atoms. The number of benzene rings is 1. The van der Waals surface area contributed by atoms with Crippen molar-refractivity contribution in [3.63, 3.8) is 0 Å². The first-order valence-corrected chi connectivity index (χ1v) is 11.5. The van der Waals surface area contributed by atoms with Crippen LogP contribution in [0.15, 0.2) is 36.5 Å². The third-order valence-corrected chi connectivity index (χ3v) is 7.28. The van der Waals surface area contributed by atoms with Crippen LogP contribution in [0.2, 0.25) is 5.02 Å². The van der Waals surface area contributed by atoms with E-state index in [9.17, 15) is 13.6 Å². The SMILES string of the molecule is O=C(c1cccc(F)c1F)N1CC2(CCN(CCc3ncccc3Cl)CC2)OC2(CC2)C1. The third kappa shape index (κ3) is 4.26. The largest absolute Gasteiger partial charge is 0.365 e. The lowest BCUT2D eigenvalue weighted by Gasteiger charge is -2.50. The maximum Gasteiger partial charge on any atom is 0.257 e. The van der Waals surface area contributed by atoms with Crippen LogP contribution in [-0.4, -0.2) is 64.6 Å². The Labute approximate surface area is 191 Å². The third-order valence-electron chi connectivity index (χ3n) is 6.93. The molecule has 2 spiro atoms. The number of likely N-dealkylation sites (tertiary alicyclic amines) is 1. The topological polar surface area (TPSA) is 45.7 Å². The van der Waals surface area contributed by atoms with Crippen LogP contribution in [0.3, 0.4) is 0 Å². The van der Waals surface area contributed by atoms with E-state index in [1.54, 1.807) is 11.1 Å². The highest BCUT2D eigenvalue weighted by atomic mass is 35.5. The highest BCUT2D eigenvalue weighted by Gasteiger charge is 2.56. The number of rotatable bonds is 4. The number of aromatic nitrogens is 1. The van der Waals surface area contributed by atoms with Gasteiger partial charge in [-0.05, 0) is 49.9 Å². The van der Waals surface area contributed by atoms with E-state index in [2.05, 4.69) is 9.88 Å². The first kappa shape index (κ1) is 21.7. The minimum atomic E-state index is -1.08. The smallest absolute Gasteiger partial charge is 0.257 e. The van der Waals surface area contributed by atoms with E-state index in [0.717, 1.165) is 63.5 Å². The Morgan fingerprint density at radius 1 is 1.06 bits per heavy atom.